The van der Waals surface area contributed by atoms with E-state index in [9.17, 15) is 4.79 Å². The Balaban J connectivity index is 2.47. The van der Waals surface area contributed by atoms with E-state index in [0.717, 1.165) is 25.7 Å². The highest BCUT2D eigenvalue weighted by molar-refractivity contribution is 5.90. The van der Waals surface area contributed by atoms with E-state index in [1.54, 1.807) is 6.08 Å². The maximum Gasteiger partial charge on any atom is 0.155 e. The molecule has 0 amide bonds. The van der Waals surface area contributed by atoms with Crippen LogP contribution in [0.1, 0.15) is 46.5 Å². The van der Waals surface area contributed by atoms with Crippen LogP contribution >= 0.6 is 0 Å². The molecule has 0 saturated carbocycles. The normalized spacial score (nSPS) is 26.4. The third-order valence-corrected chi connectivity index (χ3v) is 2.88. The average Bonchev–Trinajstić information content (AvgIpc) is 2.10. The summed E-state index contributed by atoms with van der Waals surface area (Å²) in [6.45, 7) is 6.50. The van der Waals surface area contributed by atoms with E-state index in [1.165, 1.54) is 5.57 Å². The molecule has 0 spiro atoms. The Hall–Kier alpha value is -0.850. The lowest BCUT2D eigenvalue weighted by Gasteiger charge is -2.27. The first-order valence-corrected chi connectivity index (χ1v) is 5.37. The molecule has 1 aliphatic carbocycles. The molecule has 0 aromatic rings. The lowest BCUT2D eigenvalue weighted by Crippen LogP contribution is -2.19. The zero-order valence-corrected chi connectivity index (χ0v) is 9.47. The minimum absolute atomic E-state index is 0.250. The monoisotopic (exact) mass is 192 g/mol. The van der Waals surface area contributed by atoms with Gasteiger partial charge in [-0.1, -0.05) is 24.6 Å². The predicted molar refractivity (Wildman–Crippen MR) is 60.2 cm³/mol. The van der Waals surface area contributed by atoms with Gasteiger partial charge in [0.2, 0.25) is 0 Å². The van der Waals surface area contributed by atoms with Crippen molar-refractivity contribution in [3.63, 3.8) is 0 Å². The number of carbonyl (C=O) groups excluding carboxylic acids is 1. The first-order valence-electron chi connectivity index (χ1n) is 5.37. The smallest absolute Gasteiger partial charge is 0.155 e. The van der Waals surface area contributed by atoms with E-state index in [0.29, 0.717) is 0 Å². The number of ketones is 1. The first kappa shape index (κ1) is 11.2. The second-order valence-electron chi connectivity index (χ2n) is 4.77. The molecule has 78 valence electrons. The van der Waals surface area contributed by atoms with Gasteiger partial charge in [0.05, 0.1) is 0 Å². The number of rotatable bonds is 3. The largest absolute Gasteiger partial charge is 0.295 e. The van der Waals surface area contributed by atoms with Crippen LogP contribution in [0, 0.1) is 5.41 Å². The number of hydrogen-bond donors (Lipinski definition) is 0. The molecule has 1 aliphatic rings. The van der Waals surface area contributed by atoms with Gasteiger partial charge < -0.3 is 0 Å². The van der Waals surface area contributed by atoms with Crippen molar-refractivity contribution in [2.24, 2.45) is 5.41 Å². The third kappa shape index (κ3) is 3.49. The van der Waals surface area contributed by atoms with Gasteiger partial charge in [-0.2, -0.15) is 0 Å². The van der Waals surface area contributed by atoms with E-state index in [4.69, 9.17) is 0 Å². The van der Waals surface area contributed by atoms with Crippen LogP contribution in [0.15, 0.2) is 23.8 Å². The summed E-state index contributed by atoms with van der Waals surface area (Å²) in [4.78, 5) is 11.0. The maximum atomic E-state index is 11.0. The number of carbonyl (C=O) groups is 1. The minimum atomic E-state index is 0.250. The van der Waals surface area contributed by atoms with Crippen molar-refractivity contribution in [3.05, 3.63) is 23.8 Å². The molecule has 0 heterocycles. The van der Waals surface area contributed by atoms with Gasteiger partial charge in [0, 0.05) is 6.42 Å². The van der Waals surface area contributed by atoms with Crippen molar-refractivity contribution in [1.82, 2.24) is 0 Å². The van der Waals surface area contributed by atoms with Gasteiger partial charge in [0.25, 0.3) is 0 Å². The summed E-state index contributed by atoms with van der Waals surface area (Å²) in [7, 11) is 0. The van der Waals surface area contributed by atoms with E-state index >= 15 is 0 Å². The van der Waals surface area contributed by atoms with Crippen molar-refractivity contribution in [2.45, 2.75) is 46.5 Å². The molecule has 1 unspecified atom stereocenters. The van der Waals surface area contributed by atoms with Crippen molar-refractivity contribution in [1.29, 1.82) is 0 Å². The van der Waals surface area contributed by atoms with Gasteiger partial charge in [0.15, 0.2) is 5.78 Å². The standard InChI is InChI=1S/C13H20O/c1-11(2)5-4-8-13(3)9-6-12(14)7-10-13/h5-6,9H,4,7-8,10H2,1-3H3. The molecule has 0 bridgehead atoms. The van der Waals surface area contributed by atoms with Crippen LogP contribution in [-0.2, 0) is 4.79 Å². The highest BCUT2D eigenvalue weighted by Crippen LogP contribution is 2.34. The molecule has 0 aliphatic heterocycles. The van der Waals surface area contributed by atoms with Crippen LogP contribution < -0.4 is 0 Å². The topological polar surface area (TPSA) is 17.1 Å². The summed E-state index contributed by atoms with van der Waals surface area (Å²) >= 11 is 0. The van der Waals surface area contributed by atoms with Crippen molar-refractivity contribution < 1.29 is 4.79 Å². The van der Waals surface area contributed by atoms with Crippen LogP contribution in [0.3, 0.4) is 0 Å². The van der Waals surface area contributed by atoms with Crippen LogP contribution in [0.5, 0.6) is 0 Å². The molecule has 0 fully saturated rings. The van der Waals surface area contributed by atoms with E-state index in [-0.39, 0.29) is 11.2 Å². The molecule has 14 heavy (non-hydrogen) atoms. The van der Waals surface area contributed by atoms with Crippen LogP contribution in [0.25, 0.3) is 0 Å². The second kappa shape index (κ2) is 4.59. The Bertz CT molecular complexity index is 269. The predicted octanol–water partition coefficient (Wildman–Crippen LogP) is 3.66. The lowest BCUT2D eigenvalue weighted by molar-refractivity contribution is -0.115. The summed E-state index contributed by atoms with van der Waals surface area (Å²) in [6.07, 6.45) is 10.1. The summed E-state index contributed by atoms with van der Waals surface area (Å²) in [5.74, 6) is 0.282. The van der Waals surface area contributed by atoms with Gasteiger partial charge in [-0.3, -0.25) is 4.79 Å². The Morgan fingerprint density at radius 3 is 2.79 bits per heavy atom. The van der Waals surface area contributed by atoms with Crippen molar-refractivity contribution in [3.8, 4) is 0 Å². The lowest BCUT2D eigenvalue weighted by atomic mass is 9.77. The maximum absolute atomic E-state index is 11.0. The van der Waals surface area contributed by atoms with Gasteiger partial charge in [0.1, 0.15) is 0 Å². The molecule has 1 nitrogen and oxygen atoms in total. The summed E-state index contributed by atoms with van der Waals surface area (Å²) in [5, 5.41) is 0. The van der Waals surface area contributed by atoms with Gasteiger partial charge in [-0.05, 0) is 44.6 Å². The average molecular weight is 192 g/mol. The molecule has 0 aromatic carbocycles. The fourth-order valence-corrected chi connectivity index (χ4v) is 1.77. The SMILES string of the molecule is CC(C)=CCCC1(C)C=CC(=O)CC1. The first-order chi connectivity index (χ1) is 6.52. The molecule has 1 atom stereocenters. The van der Waals surface area contributed by atoms with Gasteiger partial charge in [-0.25, -0.2) is 0 Å². The van der Waals surface area contributed by atoms with E-state index in [1.807, 2.05) is 0 Å². The molecular formula is C13H20O. The minimum Gasteiger partial charge on any atom is -0.295 e. The van der Waals surface area contributed by atoms with Crippen LogP contribution in [0.4, 0.5) is 0 Å². The van der Waals surface area contributed by atoms with E-state index < -0.39 is 0 Å². The Kier molecular flexibility index (Phi) is 3.68. The molecule has 0 saturated heterocycles. The van der Waals surface area contributed by atoms with Crippen LogP contribution in [-0.4, -0.2) is 5.78 Å². The summed E-state index contributed by atoms with van der Waals surface area (Å²) in [5.41, 5.74) is 1.63. The van der Waals surface area contributed by atoms with Crippen LogP contribution in [0.2, 0.25) is 0 Å². The highest BCUT2D eigenvalue weighted by atomic mass is 16.1. The molecule has 0 radical (unpaired) electrons. The Labute approximate surface area is 86.9 Å². The highest BCUT2D eigenvalue weighted by Gasteiger charge is 2.24. The van der Waals surface area contributed by atoms with Gasteiger partial charge >= 0.3 is 0 Å². The Morgan fingerprint density at radius 1 is 1.57 bits per heavy atom. The van der Waals surface area contributed by atoms with Gasteiger partial charge in [-0.15, -0.1) is 0 Å². The number of hydrogen-bond acceptors (Lipinski definition) is 1. The summed E-state index contributed by atoms with van der Waals surface area (Å²) in [6, 6.07) is 0. The zero-order valence-electron chi connectivity index (χ0n) is 9.47. The number of allylic oxidation sites excluding steroid dienone is 4. The van der Waals surface area contributed by atoms with Crippen molar-refractivity contribution >= 4 is 5.78 Å². The zero-order chi connectivity index (χ0) is 10.6. The van der Waals surface area contributed by atoms with E-state index in [2.05, 4.69) is 32.9 Å². The molecule has 0 N–H and O–H groups in total. The summed E-state index contributed by atoms with van der Waals surface area (Å²) < 4.78 is 0. The van der Waals surface area contributed by atoms with Crippen molar-refractivity contribution in [2.75, 3.05) is 0 Å². The molecule has 1 heteroatoms. The molecule has 0 aromatic heterocycles. The molecule has 1 rings (SSSR count). The molecular weight excluding hydrogens is 172 g/mol. The third-order valence-electron chi connectivity index (χ3n) is 2.88. The fraction of sp³-hybridized carbons (Fsp3) is 0.615. The second-order valence-corrected chi connectivity index (χ2v) is 4.77. The quantitative estimate of drug-likeness (QED) is 0.624. The fourth-order valence-electron chi connectivity index (χ4n) is 1.77. The Morgan fingerprint density at radius 2 is 2.29 bits per heavy atom.